The van der Waals surface area contributed by atoms with Gasteiger partial charge in [0.05, 0.1) is 6.04 Å². The van der Waals surface area contributed by atoms with E-state index in [1.807, 2.05) is 0 Å². The molecule has 0 aromatic carbocycles. The molecule has 1 heterocycles. The molecular weight excluding hydrogens is 365 g/mol. The van der Waals surface area contributed by atoms with Gasteiger partial charge in [0.2, 0.25) is 11.1 Å². The number of aromatic nitrogens is 4. The summed E-state index contributed by atoms with van der Waals surface area (Å²) in [7, 11) is 0. The van der Waals surface area contributed by atoms with Crippen molar-refractivity contribution in [2.24, 2.45) is 0 Å². The molecule has 2 aliphatic rings. The van der Waals surface area contributed by atoms with Gasteiger partial charge in [-0.1, -0.05) is 31.0 Å². The second-order valence-electron chi connectivity index (χ2n) is 7.75. The summed E-state index contributed by atoms with van der Waals surface area (Å²) in [6.45, 7) is 2.89. The molecule has 0 spiro atoms. The fourth-order valence-electron chi connectivity index (χ4n) is 4.40. The van der Waals surface area contributed by atoms with Gasteiger partial charge in [-0.3, -0.25) is 4.79 Å². The first-order valence-corrected chi connectivity index (χ1v) is 11.5. The maximum absolute atomic E-state index is 13.7. The summed E-state index contributed by atoms with van der Waals surface area (Å²) >= 11 is 1.58. The number of nitrogens with zero attached hydrogens (tertiary/aromatic N) is 5. The van der Waals surface area contributed by atoms with Crippen molar-refractivity contribution in [1.29, 1.82) is 0 Å². The lowest BCUT2D eigenvalue weighted by Crippen LogP contribution is -2.41. The molecule has 27 heavy (non-hydrogen) atoms. The molecule has 0 radical (unpaired) electrons. The quantitative estimate of drug-likeness (QED) is 0.486. The molecule has 1 aromatic heterocycles. The smallest absolute Gasteiger partial charge is 0.222 e. The van der Waals surface area contributed by atoms with Gasteiger partial charge in [0.1, 0.15) is 6.17 Å². The van der Waals surface area contributed by atoms with E-state index in [9.17, 15) is 9.18 Å². The molecular formula is C19H32FN5OS. The highest BCUT2D eigenvalue weighted by Crippen LogP contribution is 2.32. The van der Waals surface area contributed by atoms with Crippen molar-refractivity contribution in [1.82, 2.24) is 25.1 Å². The number of carbonyl (C=O) groups is 1. The van der Waals surface area contributed by atoms with Gasteiger partial charge >= 0.3 is 0 Å². The number of hydrogen-bond donors (Lipinski definition) is 0. The van der Waals surface area contributed by atoms with Gasteiger partial charge in [-0.2, -0.15) is 0 Å². The number of hydrogen-bond acceptors (Lipinski definition) is 5. The molecule has 2 saturated carbocycles. The van der Waals surface area contributed by atoms with E-state index in [1.165, 1.54) is 19.3 Å². The van der Waals surface area contributed by atoms with Crippen LogP contribution in [-0.2, 0) is 4.79 Å². The van der Waals surface area contributed by atoms with Crippen LogP contribution in [0.5, 0.6) is 0 Å². The predicted molar refractivity (Wildman–Crippen MR) is 104 cm³/mol. The summed E-state index contributed by atoms with van der Waals surface area (Å²) in [6.07, 6.45) is 9.72. The van der Waals surface area contributed by atoms with Crippen LogP contribution in [0, 0.1) is 0 Å². The fraction of sp³-hybridized carbons (Fsp3) is 0.895. The fourth-order valence-corrected chi connectivity index (χ4v) is 5.28. The summed E-state index contributed by atoms with van der Waals surface area (Å²) in [5, 5.41) is 12.7. The Morgan fingerprint density at radius 3 is 2.78 bits per heavy atom. The molecule has 0 N–H and O–H groups in total. The molecule has 0 aliphatic heterocycles. The molecule has 2 fully saturated rings. The molecule has 3 rings (SSSR count). The van der Waals surface area contributed by atoms with E-state index in [-0.39, 0.29) is 11.9 Å². The van der Waals surface area contributed by atoms with Gasteiger partial charge in [0, 0.05) is 31.2 Å². The van der Waals surface area contributed by atoms with Crippen LogP contribution in [0.3, 0.4) is 0 Å². The van der Waals surface area contributed by atoms with Crippen molar-refractivity contribution >= 4 is 17.7 Å². The lowest BCUT2D eigenvalue weighted by atomic mass is 9.94. The minimum Gasteiger partial charge on any atom is -0.340 e. The normalized spacial score (nSPS) is 24.1. The van der Waals surface area contributed by atoms with E-state index in [0.29, 0.717) is 25.3 Å². The summed E-state index contributed by atoms with van der Waals surface area (Å²) in [6, 6.07) is 0.505. The third-order valence-corrected chi connectivity index (χ3v) is 6.85. The van der Waals surface area contributed by atoms with E-state index in [2.05, 4.69) is 27.3 Å². The van der Waals surface area contributed by atoms with Crippen LogP contribution >= 0.6 is 11.8 Å². The van der Waals surface area contributed by atoms with Crippen molar-refractivity contribution in [3.8, 4) is 0 Å². The Balaban J connectivity index is 1.43. The number of alkyl halides is 1. The van der Waals surface area contributed by atoms with Gasteiger partial charge in [-0.15, -0.1) is 5.10 Å². The number of thioether (sulfide) groups is 1. The van der Waals surface area contributed by atoms with Gasteiger partial charge in [-0.25, -0.2) is 9.07 Å². The van der Waals surface area contributed by atoms with E-state index < -0.39 is 6.17 Å². The first-order valence-electron chi connectivity index (χ1n) is 10.5. The third-order valence-electron chi connectivity index (χ3n) is 5.83. The second-order valence-corrected chi connectivity index (χ2v) is 8.81. The van der Waals surface area contributed by atoms with Gasteiger partial charge in [-0.05, 0) is 55.9 Å². The monoisotopic (exact) mass is 397 g/mol. The number of halogens is 1. The highest BCUT2D eigenvalue weighted by molar-refractivity contribution is 7.99. The Morgan fingerprint density at radius 1 is 1.22 bits per heavy atom. The van der Waals surface area contributed by atoms with Crippen LogP contribution in [0.2, 0.25) is 0 Å². The van der Waals surface area contributed by atoms with Crippen LogP contribution in [0.15, 0.2) is 5.16 Å². The van der Waals surface area contributed by atoms with E-state index in [0.717, 1.165) is 49.6 Å². The lowest BCUT2D eigenvalue weighted by Gasteiger charge is -2.33. The summed E-state index contributed by atoms with van der Waals surface area (Å²) in [5.41, 5.74) is 0. The zero-order valence-electron chi connectivity index (χ0n) is 16.4. The first kappa shape index (κ1) is 20.6. The number of amides is 1. The van der Waals surface area contributed by atoms with Crippen molar-refractivity contribution in [2.75, 3.05) is 12.3 Å². The minimum absolute atomic E-state index is 0.0646. The summed E-state index contributed by atoms with van der Waals surface area (Å²) < 4.78 is 15.5. The van der Waals surface area contributed by atoms with Crippen molar-refractivity contribution in [3.63, 3.8) is 0 Å². The second kappa shape index (κ2) is 10.4. The molecule has 152 valence electrons. The van der Waals surface area contributed by atoms with Crippen LogP contribution in [0.25, 0.3) is 0 Å². The van der Waals surface area contributed by atoms with E-state index in [4.69, 9.17) is 0 Å². The Labute approximate surface area is 165 Å². The van der Waals surface area contributed by atoms with Gasteiger partial charge in [0.15, 0.2) is 0 Å². The molecule has 2 aliphatic carbocycles. The van der Waals surface area contributed by atoms with Gasteiger partial charge < -0.3 is 4.90 Å². The van der Waals surface area contributed by atoms with E-state index in [1.54, 1.807) is 16.4 Å². The number of tetrazole rings is 1. The zero-order chi connectivity index (χ0) is 19.1. The Hall–Kier alpha value is -1.18. The zero-order valence-corrected chi connectivity index (χ0v) is 17.2. The van der Waals surface area contributed by atoms with Crippen molar-refractivity contribution in [3.05, 3.63) is 0 Å². The van der Waals surface area contributed by atoms with Crippen molar-refractivity contribution in [2.45, 2.75) is 101 Å². The topological polar surface area (TPSA) is 63.9 Å². The van der Waals surface area contributed by atoms with Crippen molar-refractivity contribution < 1.29 is 9.18 Å². The molecule has 0 saturated heterocycles. The molecule has 1 amide bonds. The molecule has 1 aromatic rings. The first-order chi connectivity index (χ1) is 13.2. The highest BCUT2D eigenvalue weighted by Gasteiger charge is 2.26. The molecule has 6 nitrogen and oxygen atoms in total. The predicted octanol–water partition coefficient (Wildman–Crippen LogP) is 4.18. The highest BCUT2D eigenvalue weighted by atomic mass is 32.2. The lowest BCUT2D eigenvalue weighted by molar-refractivity contribution is -0.133. The van der Waals surface area contributed by atoms with E-state index >= 15 is 0 Å². The molecule has 2 unspecified atom stereocenters. The standard InChI is InChI=1S/C19H32FN5OS/c1-2-24(16-9-4-3-5-10-16)18(26)12-7-13-27-19-21-22-23-25(19)17-11-6-8-15(20)14-17/h15-17H,2-14H2,1H3. The SMILES string of the molecule is CCN(C(=O)CCCSc1nnnn1C1CCCC(F)C1)C1CCCCC1. The van der Waals surface area contributed by atoms with Crippen LogP contribution in [0.4, 0.5) is 4.39 Å². The third kappa shape index (κ3) is 5.65. The number of rotatable bonds is 8. The largest absolute Gasteiger partial charge is 0.340 e. The minimum atomic E-state index is -0.747. The van der Waals surface area contributed by atoms with Crippen LogP contribution in [-0.4, -0.2) is 55.5 Å². The van der Waals surface area contributed by atoms with Gasteiger partial charge in [0.25, 0.3) is 0 Å². The Morgan fingerprint density at radius 2 is 2.04 bits per heavy atom. The van der Waals surface area contributed by atoms with Crippen LogP contribution in [0.1, 0.15) is 83.6 Å². The summed E-state index contributed by atoms with van der Waals surface area (Å²) in [4.78, 5) is 14.7. The summed E-state index contributed by atoms with van der Waals surface area (Å²) in [5.74, 6) is 1.08. The average molecular weight is 398 g/mol. The maximum atomic E-state index is 13.7. The molecule has 2 atom stereocenters. The maximum Gasteiger partial charge on any atom is 0.222 e. The Kier molecular flexibility index (Phi) is 7.91. The molecule has 8 heteroatoms. The van der Waals surface area contributed by atoms with Crippen LogP contribution < -0.4 is 0 Å². The average Bonchev–Trinajstić information content (AvgIpc) is 3.15. The molecule has 0 bridgehead atoms. The number of carbonyl (C=O) groups excluding carboxylic acids is 1. The Bertz CT molecular complexity index is 592.